The SMILES string of the molecule is CC(=CCc1cc(C=O)ccc1O)CC=CC(C)(C)OO. The Bertz CT molecular complexity index is 542. The molecule has 0 heterocycles. The molecule has 0 aliphatic heterocycles. The van der Waals surface area contributed by atoms with Gasteiger partial charge in [0.25, 0.3) is 0 Å². The Labute approximate surface area is 125 Å². The van der Waals surface area contributed by atoms with Crippen molar-refractivity contribution in [3.8, 4) is 5.75 Å². The van der Waals surface area contributed by atoms with Crippen LogP contribution < -0.4 is 0 Å². The normalized spacial score (nSPS) is 12.9. The van der Waals surface area contributed by atoms with E-state index in [9.17, 15) is 9.90 Å². The number of rotatable bonds is 7. The third-order valence-corrected chi connectivity index (χ3v) is 3.10. The van der Waals surface area contributed by atoms with Crippen LogP contribution in [0.25, 0.3) is 0 Å². The molecule has 0 spiro atoms. The summed E-state index contributed by atoms with van der Waals surface area (Å²) in [5.74, 6) is 0.190. The van der Waals surface area contributed by atoms with Gasteiger partial charge in [0, 0.05) is 5.56 Å². The predicted octanol–water partition coefficient (Wildman–Crippen LogP) is 3.91. The molecule has 0 aliphatic rings. The van der Waals surface area contributed by atoms with Gasteiger partial charge in [-0.25, -0.2) is 4.89 Å². The van der Waals surface area contributed by atoms with Gasteiger partial charge in [-0.15, -0.1) is 0 Å². The summed E-state index contributed by atoms with van der Waals surface area (Å²) in [7, 11) is 0. The van der Waals surface area contributed by atoms with Crippen LogP contribution in [-0.2, 0) is 11.3 Å². The first-order valence-electron chi connectivity index (χ1n) is 6.81. The second kappa shape index (κ2) is 7.76. The molecule has 0 saturated heterocycles. The minimum Gasteiger partial charge on any atom is -0.508 e. The highest BCUT2D eigenvalue weighted by molar-refractivity contribution is 5.75. The maximum atomic E-state index is 10.7. The average molecular weight is 290 g/mol. The number of carbonyl (C=O) groups is 1. The molecule has 4 nitrogen and oxygen atoms in total. The standard InChI is InChI=1S/C17H22O4/c1-13(5-4-10-17(2,3)21-20)6-8-15-11-14(12-18)7-9-16(15)19/h4,6-7,9-12,19-20H,5,8H2,1-3H3. The Morgan fingerprint density at radius 3 is 2.71 bits per heavy atom. The quantitative estimate of drug-likeness (QED) is 0.346. The summed E-state index contributed by atoms with van der Waals surface area (Å²) in [5.41, 5.74) is 1.70. The summed E-state index contributed by atoms with van der Waals surface area (Å²) in [5, 5.41) is 18.4. The maximum Gasteiger partial charge on any atom is 0.150 e. The van der Waals surface area contributed by atoms with E-state index in [4.69, 9.17) is 5.26 Å². The van der Waals surface area contributed by atoms with Crippen molar-refractivity contribution in [2.24, 2.45) is 0 Å². The van der Waals surface area contributed by atoms with Gasteiger partial charge >= 0.3 is 0 Å². The number of carbonyl (C=O) groups excluding carboxylic acids is 1. The third-order valence-electron chi connectivity index (χ3n) is 3.10. The van der Waals surface area contributed by atoms with Crippen molar-refractivity contribution < 1.29 is 20.0 Å². The first-order valence-corrected chi connectivity index (χ1v) is 6.81. The van der Waals surface area contributed by atoms with Crippen LogP contribution in [0, 0.1) is 0 Å². The van der Waals surface area contributed by atoms with E-state index in [0.29, 0.717) is 12.0 Å². The van der Waals surface area contributed by atoms with E-state index in [-0.39, 0.29) is 5.75 Å². The number of hydrogen-bond acceptors (Lipinski definition) is 4. The van der Waals surface area contributed by atoms with Gasteiger partial charge in [-0.2, -0.15) is 0 Å². The number of allylic oxidation sites excluding steroid dienone is 3. The number of phenolic OH excluding ortho intramolecular Hbond substituents is 1. The Hall–Kier alpha value is -1.91. The topological polar surface area (TPSA) is 66.8 Å². The highest BCUT2D eigenvalue weighted by Crippen LogP contribution is 2.20. The third kappa shape index (κ3) is 5.94. The molecule has 0 amide bonds. The fourth-order valence-corrected chi connectivity index (χ4v) is 1.77. The lowest BCUT2D eigenvalue weighted by molar-refractivity contribution is -0.297. The highest BCUT2D eigenvalue weighted by atomic mass is 17.1. The van der Waals surface area contributed by atoms with Crippen molar-refractivity contribution >= 4 is 6.29 Å². The van der Waals surface area contributed by atoms with Gasteiger partial charge in [-0.05, 0) is 57.4 Å². The lowest BCUT2D eigenvalue weighted by atomic mass is 10.0. The molecule has 1 rings (SSSR count). The molecule has 21 heavy (non-hydrogen) atoms. The van der Waals surface area contributed by atoms with Crippen molar-refractivity contribution in [1.29, 1.82) is 0 Å². The average Bonchev–Trinajstić information content (AvgIpc) is 2.46. The summed E-state index contributed by atoms with van der Waals surface area (Å²) < 4.78 is 0. The summed E-state index contributed by atoms with van der Waals surface area (Å²) in [4.78, 5) is 15.1. The van der Waals surface area contributed by atoms with E-state index in [1.807, 2.05) is 19.1 Å². The van der Waals surface area contributed by atoms with E-state index in [1.54, 1.807) is 32.1 Å². The molecule has 0 bridgehead atoms. The van der Waals surface area contributed by atoms with Crippen LogP contribution in [0.2, 0.25) is 0 Å². The van der Waals surface area contributed by atoms with E-state index in [2.05, 4.69) is 4.89 Å². The Morgan fingerprint density at radius 2 is 2.10 bits per heavy atom. The molecule has 0 saturated carbocycles. The maximum absolute atomic E-state index is 10.7. The van der Waals surface area contributed by atoms with Gasteiger partial charge in [-0.1, -0.05) is 23.8 Å². The number of aldehydes is 1. The number of phenols is 1. The fourth-order valence-electron chi connectivity index (χ4n) is 1.77. The molecule has 0 radical (unpaired) electrons. The van der Waals surface area contributed by atoms with Crippen molar-refractivity contribution in [1.82, 2.24) is 0 Å². The summed E-state index contributed by atoms with van der Waals surface area (Å²) >= 11 is 0. The Balaban J connectivity index is 2.66. The second-order valence-electron chi connectivity index (χ2n) is 5.56. The van der Waals surface area contributed by atoms with Crippen LogP contribution in [0.4, 0.5) is 0 Å². The molecule has 2 N–H and O–H groups in total. The molecular weight excluding hydrogens is 268 g/mol. The van der Waals surface area contributed by atoms with Gasteiger partial charge in [0.05, 0.1) is 0 Å². The Morgan fingerprint density at radius 1 is 1.38 bits per heavy atom. The van der Waals surface area contributed by atoms with Crippen LogP contribution in [0.5, 0.6) is 5.75 Å². The van der Waals surface area contributed by atoms with E-state index < -0.39 is 5.60 Å². The van der Waals surface area contributed by atoms with Crippen LogP contribution >= 0.6 is 0 Å². The van der Waals surface area contributed by atoms with Crippen LogP contribution in [0.3, 0.4) is 0 Å². The molecule has 1 aromatic rings. The number of aromatic hydroxyl groups is 1. The van der Waals surface area contributed by atoms with Gasteiger partial charge in [0.2, 0.25) is 0 Å². The van der Waals surface area contributed by atoms with Crippen molar-refractivity contribution in [2.75, 3.05) is 0 Å². The zero-order valence-electron chi connectivity index (χ0n) is 12.7. The summed E-state index contributed by atoms with van der Waals surface area (Å²) in [6.07, 6.45) is 7.76. The number of benzene rings is 1. The fraction of sp³-hybridized carbons (Fsp3) is 0.353. The van der Waals surface area contributed by atoms with Gasteiger partial charge in [-0.3, -0.25) is 10.1 Å². The summed E-state index contributed by atoms with van der Waals surface area (Å²) in [6.45, 7) is 5.49. The second-order valence-corrected chi connectivity index (χ2v) is 5.56. The zero-order chi connectivity index (χ0) is 15.9. The van der Waals surface area contributed by atoms with Gasteiger partial charge in [0.1, 0.15) is 17.6 Å². The summed E-state index contributed by atoms with van der Waals surface area (Å²) in [6, 6.07) is 4.80. The van der Waals surface area contributed by atoms with Crippen LogP contribution in [0.1, 0.15) is 43.1 Å². The van der Waals surface area contributed by atoms with E-state index in [1.165, 1.54) is 6.07 Å². The smallest absolute Gasteiger partial charge is 0.150 e. The molecule has 0 unspecified atom stereocenters. The lowest BCUT2D eigenvalue weighted by Crippen LogP contribution is -2.18. The molecular formula is C17H22O4. The largest absolute Gasteiger partial charge is 0.508 e. The van der Waals surface area contributed by atoms with Crippen molar-refractivity contribution in [2.45, 2.75) is 39.2 Å². The first-order chi connectivity index (χ1) is 9.88. The number of hydrogen-bond donors (Lipinski definition) is 2. The molecule has 0 aliphatic carbocycles. The molecule has 0 fully saturated rings. The minimum atomic E-state index is -0.698. The van der Waals surface area contributed by atoms with E-state index >= 15 is 0 Å². The lowest BCUT2D eigenvalue weighted by Gasteiger charge is -2.14. The van der Waals surface area contributed by atoms with Gasteiger partial charge < -0.3 is 5.11 Å². The monoisotopic (exact) mass is 290 g/mol. The minimum absolute atomic E-state index is 0.190. The molecule has 0 atom stereocenters. The van der Waals surface area contributed by atoms with Crippen molar-refractivity contribution in [3.05, 3.63) is 53.1 Å². The molecule has 1 aromatic carbocycles. The molecule has 114 valence electrons. The van der Waals surface area contributed by atoms with Crippen LogP contribution in [-0.4, -0.2) is 22.3 Å². The highest BCUT2D eigenvalue weighted by Gasteiger charge is 2.12. The van der Waals surface area contributed by atoms with E-state index in [0.717, 1.165) is 23.8 Å². The first kappa shape index (κ1) is 17.1. The van der Waals surface area contributed by atoms with Crippen LogP contribution in [0.15, 0.2) is 42.0 Å². The molecule has 4 heteroatoms. The Kier molecular flexibility index (Phi) is 6.34. The van der Waals surface area contributed by atoms with Crippen molar-refractivity contribution in [3.63, 3.8) is 0 Å². The molecule has 0 aromatic heterocycles. The predicted molar refractivity (Wildman–Crippen MR) is 82.5 cm³/mol. The van der Waals surface area contributed by atoms with Gasteiger partial charge in [0.15, 0.2) is 0 Å². The zero-order valence-corrected chi connectivity index (χ0v) is 12.7.